The number of unbranched alkanes of at least 4 members (excludes halogenated alkanes) is 12. The Hall–Kier alpha value is -3.18. The van der Waals surface area contributed by atoms with Crippen molar-refractivity contribution in [1.29, 1.82) is 0 Å². The predicted molar refractivity (Wildman–Crippen MR) is 211 cm³/mol. The zero-order chi connectivity index (χ0) is 33.6. The van der Waals surface area contributed by atoms with Crippen molar-refractivity contribution in [2.75, 3.05) is 0 Å². The van der Waals surface area contributed by atoms with Crippen molar-refractivity contribution >= 4 is 22.8 Å². The van der Waals surface area contributed by atoms with E-state index >= 15 is 0 Å². The van der Waals surface area contributed by atoms with Crippen LogP contribution in [-0.2, 0) is 12.8 Å². The lowest BCUT2D eigenvalue weighted by Gasteiger charge is -2.11. The molecule has 47 heavy (non-hydrogen) atoms. The van der Waals surface area contributed by atoms with E-state index in [4.69, 9.17) is 9.98 Å². The maximum atomic E-state index is 5.36. The van der Waals surface area contributed by atoms with Crippen LogP contribution in [0.3, 0.4) is 0 Å². The van der Waals surface area contributed by atoms with Gasteiger partial charge in [-0.05, 0) is 99.8 Å². The van der Waals surface area contributed by atoms with Crippen molar-refractivity contribution in [2.24, 2.45) is 9.98 Å². The van der Waals surface area contributed by atoms with Gasteiger partial charge in [-0.2, -0.15) is 0 Å². The summed E-state index contributed by atoms with van der Waals surface area (Å²) < 4.78 is 0. The molecule has 2 heteroatoms. The Labute approximate surface area is 290 Å². The Morgan fingerprint density at radius 1 is 0.553 bits per heavy atom. The Morgan fingerprint density at radius 2 is 1.06 bits per heavy atom. The Balaban J connectivity index is 2.34. The summed E-state index contributed by atoms with van der Waals surface area (Å²) in [6, 6.07) is 17.3. The van der Waals surface area contributed by atoms with Crippen LogP contribution in [0.25, 0.3) is 0 Å². The molecule has 2 aromatic rings. The topological polar surface area (TPSA) is 24.7 Å². The number of benzene rings is 2. The van der Waals surface area contributed by atoms with Gasteiger partial charge < -0.3 is 0 Å². The quantitative estimate of drug-likeness (QED) is 0.0449. The monoisotopic (exact) mass is 635 g/mol. The molecule has 0 unspecified atom stereocenters. The maximum Gasteiger partial charge on any atom is 0.135 e. The Bertz CT molecular complexity index is 1270. The highest BCUT2D eigenvalue weighted by Crippen LogP contribution is 2.25. The lowest BCUT2D eigenvalue weighted by Crippen LogP contribution is -2.13. The molecule has 0 fully saturated rings. The fraction of sp³-hybridized carbons (Fsp3) is 0.556. The van der Waals surface area contributed by atoms with Crippen LogP contribution >= 0.6 is 0 Å². The lowest BCUT2D eigenvalue weighted by molar-refractivity contribution is 0.567. The molecule has 2 nitrogen and oxygen atoms in total. The maximum absolute atomic E-state index is 5.36. The van der Waals surface area contributed by atoms with E-state index in [1.54, 1.807) is 0 Å². The third kappa shape index (κ3) is 18.7. The molecule has 2 rings (SSSR count). The molecule has 0 amide bonds. The second-order valence-corrected chi connectivity index (χ2v) is 12.8. The summed E-state index contributed by atoms with van der Waals surface area (Å²) in [4.78, 5) is 10.7. The van der Waals surface area contributed by atoms with E-state index in [9.17, 15) is 0 Å². The van der Waals surface area contributed by atoms with Crippen molar-refractivity contribution in [1.82, 2.24) is 0 Å². The highest BCUT2D eigenvalue weighted by Gasteiger charge is 2.11. The first-order valence-electron chi connectivity index (χ1n) is 19.3. The van der Waals surface area contributed by atoms with Gasteiger partial charge in [0.1, 0.15) is 5.71 Å². The van der Waals surface area contributed by atoms with Crippen LogP contribution in [0.1, 0.15) is 161 Å². The van der Waals surface area contributed by atoms with Gasteiger partial charge in [0.05, 0.1) is 17.1 Å². The summed E-state index contributed by atoms with van der Waals surface area (Å²) in [6.07, 6.45) is 33.8. The number of nitrogens with zero attached hydrogens (tertiary/aromatic N) is 2. The number of hydrogen-bond acceptors (Lipinski definition) is 2. The Morgan fingerprint density at radius 3 is 1.62 bits per heavy atom. The average Bonchev–Trinajstić information content (AvgIpc) is 3.09. The molecular formula is C45H66N2. The van der Waals surface area contributed by atoms with E-state index in [0.717, 1.165) is 106 Å². The van der Waals surface area contributed by atoms with Crippen LogP contribution in [0, 0.1) is 11.8 Å². The molecule has 0 bridgehead atoms. The third-order valence-corrected chi connectivity index (χ3v) is 8.56. The minimum absolute atomic E-state index is 0.855. The molecule has 0 atom stereocenters. The van der Waals surface area contributed by atoms with Gasteiger partial charge in [-0.3, -0.25) is 4.99 Å². The summed E-state index contributed by atoms with van der Waals surface area (Å²) >= 11 is 0. The highest BCUT2D eigenvalue weighted by molar-refractivity contribution is 6.49. The van der Waals surface area contributed by atoms with Crippen molar-refractivity contribution in [2.45, 2.75) is 163 Å². The standard InChI is InChI=1S/C45H66N2/c1-5-9-13-16-17-18-19-20-21-24-27-39-45(47-43-38-31-29-35-41(43)33-26-23-15-11-7-3)44(36-12-8-4)46-42-37-30-28-34-40(42)32-25-22-14-10-6-2/h10-11,14-15,28-31,34-35,37-38H,5-9,12-13,16-26,32-33,36H2,1-4H3/b14-10+,15-11+,46-44?,47-45?. The first-order chi connectivity index (χ1) is 23.2. The van der Waals surface area contributed by atoms with Crippen molar-refractivity contribution < 1.29 is 0 Å². The van der Waals surface area contributed by atoms with Gasteiger partial charge in [0.15, 0.2) is 0 Å². The first-order valence-corrected chi connectivity index (χ1v) is 19.3. The summed E-state index contributed by atoms with van der Waals surface area (Å²) in [5.41, 5.74) is 6.61. The van der Waals surface area contributed by atoms with Gasteiger partial charge in [0.2, 0.25) is 0 Å². The zero-order valence-electron chi connectivity index (χ0n) is 30.7. The number of allylic oxidation sites excluding steroid dienone is 4. The molecule has 0 saturated heterocycles. The van der Waals surface area contributed by atoms with Crippen molar-refractivity contribution in [3.63, 3.8) is 0 Å². The van der Waals surface area contributed by atoms with E-state index < -0.39 is 0 Å². The van der Waals surface area contributed by atoms with Crippen molar-refractivity contribution in [3.05, 3.63) is 84.0 Å². The van der Waals surface area contributed by atoms with Gasteiger partial charge >= 0.3 is 0 Å². The van der Waals surface area contributed by atoms with Crippen LogP contribution in [0.5, 0.6) is 0 Å². The fourth-order valence-electron chi connectivity index (χ4n) is 5.72. The second-order valence-electron chi connectivity index (χ2n) is 12.8. The molecule has 2 aromatic carbocycles. The van der Waals surface area contributed by atoms with Crippen LogP contribution in [0.4, 0.5) is 11.4 Å². The van der Waals surface area contributed by atoms with E-state index in [1.807, 2.05) is 0 Å². The van der Waals surface area contributed by atoms with Gasteiger partial charge in [-0.15, -0.1) is 0 Å². The average molecular weight is 635 g/mol. The summed E-state index contributed by atoms with van der Waals surface area (Å²) in [5.74, 6) is 7.11. The molecule has 0 aliphatic rings. The predicted octanol–water partition coefficient (Wildman–Crippen LogP) is 14.2. The third-order valence-electron chi connectivity index (χ3n) is 8.56. The van der Waals surface area contributed by atoms with Gasteiger partial charge in [0, 0.05) is 6.42 Å². The van der Waals surface area contributed by atoms with Crippen LogP contribution < -0.4 is 0 Å². The second kappa shape index (κ2) is 27.9. The van der Waals surface area contributed by atoms with Crippen LogP contribution in [0.15, 0.2) is 82.8 Å². The van der Waals surface area contributed by atoms with Crippen LogP contribution in [-0.4, -0.2) is 11.4 Å². The highest BCUT2D eigenvalue weighted by atomic mass is 14.8. The lowest BCUT2D eigenvalue weighted by atomic mass is 10.0. The van der Waals surface area contributed by atoms with E-state index in [1.165, 1.54) is 62.5 Å². The van der Waals surface area contributed by atoms with E-state index in [2.05, 4.69) is 112 Å². The number of para-hydroxylation sites is 2. The number of hydrogen-bond donors (Lipinski definition) is 0. The van der Waals surface area contributed by atoms with Gasteiger partial charge in [0.25, 0.3) is 0 Å². The Kier molecular flexibility index (Phi) is 23.7. The molecule has 0 N–H and O–H groups in total. The summed E-state index contributed by atoms with van der Waals surface area (Å²) in [5, 5.41) is 0. The number of aliphatic imine (C=N–C) groups is 2. The smallest absolute Gasteiger partial charge is 0.135 e. The van der Waals surface area contributed by atoms with E-state index in [-0.39, 0.29) is 0 Å². The van der Waals surface area contributed by atoms with E-state index in [0.29, 0.717) is 0 Å². The van der Waals surface area contributed by atoms with Gasteiger partial charge in [-0.1, -0.05) is 152 Å². The molecule has 0 radical (unpaired) electrons. The molecule has 0 aliphatic carbocycles. The minimum Gasteiger partial charge on any atom is -0.250 e. The molecule has 0 spiro atoms. The number of rotatable bonds is 25. The first kappa shape index (κ1) is 40.0. The molecule has 0 heterocycles. The molecule has 256 valence electrons. The zero-order valence-corrected chi connectivity index (χ0v) is 30.7. The molecule has 0 aliphatic heterocycles. The molecule has 0 saturated carbocycles. The minimum atomic E-state index is 0.855. The summed E-state index contributed by atoms with van der Waals surface area (Å²) in [6.45, 7) is 8.93. The fourth-order valence-corrected chi connectivity index (χ4v) is 5.72. The summed E-state index contributed by atoms with van der Waals surface area (Å²) in [7, 11) is 0. The SMILES string of the molecule is CC/C=C/CCCc1ccccc1N=C(C#CCCCCCCCCCCC)C(CCCC)=Nc1ccccc1CCC/C=C/CC. The van der Waals surface area contributed by atoms with Gasteiger partial charge in [-0.25, -0.2) is 4.99 Å². The number of aryl methyl sites for hydroxylation is 2. The normalized spacial score (nSPS) is 12.3. The largest absolute Gasteiger partial charge is 0.250 e. The van der Waals surface area contributed by atoms with Crippen LogP contribution in [0.2, 0.25) is 0 Å². The van der Waals surface area contributed by atoms with Crippen molar-refractivity contribution in [3.8, 4) is 11.8 Å². The molecule has 0 aromatic heterocycles. The molecular weight excluding hydrogens is 569 g/mol.